The molecule has 0 aliphatic heterocycles. The summed E-state index contributed by atoms with van der Waals surface area (Å²) in [6.07, 6.45) is 9.27. The van der Waals surface area contributed by atoms with Crippen LogP contribution in [0.25, 0.3) is 11.6 Å². The second-order valence-corrected chi connectivity index (χ2v) is 11.5. The van der Waals surface area contributed by atoms with E-state index in [1.165, 1.54) is 43.5 Å². The lowest BCUT2D eigenvalue weighted by Crippen LogP contribution is -2.30. The van der Waals surface area contributed by atoms with Crippen LogP contribution in [0.2, 0.25) is 0 Å². The van der Waals surface area contributed by atoms with Gasteiger partial charge in [0, 0.05) is 0 Å². The highest BCUT2D eigenvalue weighted by Crippen LogP contribution is 2.52. The van der Waals surface area contributed by atoms with Gasteiger partial charge in [0.2, 0.25) is 0 Å². The maximum absolute atomic E-state index is 2.39. The fourth-order valence-corrected chi connectivity index (χ4v) is 9.52. The highest BCUT2D eigenvalue weighted by atomic mass is 31.2. The van der Waals surface area contributed by atoms with Crippen LogP contribution >= 0.6 is 6.89 Å². The molecule has 0 spiro atoms. The first kappa shape index (κ1) is 19.1. The molecule has 0 saturated carbocycles. The van der Waals surface area contributed by atoms with Crippen LogP contribution < -0.4 is 15.9 Å². The Kier molecular flexibility index (Phi) is 4.67. The highest BCUT2D eigenvalue weighted by molar-refractivity contribution is 7.96. The second-order valence-electron chi connectivity index (χ2n) is 8.15. The zero-order valence-corrected chi connectivity index (χ0v) is 18.6. The van der Waals surface area contributed by atoms with Gasteiger partial charge in [0.05, 0.1) is 0 Å². The Morgan fingerprint density at radius 1 is 0.469 bits per heavy atom. The monoisotopic (exact) mass is 426 g/mol. The minimum atomic E-state index is -2.11. The van der Waals surface area contributed by atoms with Crippen LogP contribution in [-0.2, 0) is 0 Å². The number of hydrogen-bond donors (Lipinski definition) is 0. The van der Waals surface area contributed by atoms with E-state index in [2.05, 4.69) is 140 Å². The summed E-state index contributed by atoms with van der Waals surface area (Å²) in [5.74, 6) is 0. The molecule has 2 aliphatic rings. The van der Waals surface area contributed by atoms with Gasteiger partial charge in [-0.05, 0) is 56.4 Å². The van der Waals surface area contributed by atoms with Crippen LogP contribution in [0.15, 0.2) is 139 Å². The van der Waals surface area contributed by atoms with E-state index in [-0.39, 0.29) is 0 Å². The molecule has 0 aromatic heterocycles. The number of hydrogen-bond acceptors (Lipinski definition) is 0. The molecule has 4 aromatic carbocycles. The Morgan fingerprint density at radius 2 is 0.969 bits per heavy atom. The summed E-state index contributed by atoms with van der Waals surface area (Å²) in [6.45, 7) is -2.11. The molecule has 6 rings (SSSR count). The summed E-state index contributed by atoms with van der Waals surface area (Å²) in [5, 5.41) is 5.58. The number of fused-ring (bicyclic) bond motifs is 3. The van der Waals surface area contributed by atoms with Crippen molar-refractivity contribution in [1.29, 1.82) is 0 Å². The first-order valence-corrected chi connectivity index (χ1v) is 12.8. The van der Waals surface area contributed by atoms with E-state index in [9.17, 15) is 0 Å². The Morgan fingerprint density at radius 3 is 1.53 bits per heavy atom. The quantitative estimate of drug-likeness (QED) is 0.342. The van der Waals surface area contributed by atoms with Crippen molar-refractivity contribution in [3.63, 3.8) is 0 Å². The second kappa shape index (κ2) is 7.83. The lowest BCUT2D eigenvalue weighted by Gasteiger charge is -2.33. The number of rotatable bonds is 3. The zero-order chi connectivity index (χ0) is 21.4. The van der Waals surface area contributed by atoms with Crippen LogP contribution in [0.5, 0.6) is 0 Å². The van der Waals surface area contributed by atoms with Crippen LogP contribution in [0.1, 0.15) is 11.1 Å². The summed E-state index contributed by atoms with van der Waals surface area (Å²) in [4.78, 5) is 0. The van der Waals surface area contributed by atoms with E-state index in [0.29, 0.717) is 0 Å². The summed E-state index contributed by atoms with van der Waals surface area (Å²) >= 11 is 0. The largest absolute Gasteiger partial charge is 0.0622 e. The van der Waals surface area contributed by atoms with Crippen LogP contribution in [0, 0.1) is 0 Å². The smallest absolute Gasteiger partial charge is 0.00762 e. The Balaban J connectivity index is 1.80. The van der Waals surface area contributed by atoms with E-state index in [0.717, 1.165) is 0 Å². The van der Waals surface area contributed by atoms with Gasteiger partial charge in [0.15, 0.2) is 0 Å². The summed E-state index contributed by atoms with van der Waals surface area (Å²) in [6, 6.07) is 42.1. The Bertz CT molecular complexity index is 1330. The normalized spacial score (nSPS) is 14.4. The van der Waals surface area contributed by atoms with E-state index in [1.807, 2.05) is 0 Å². The molecule has 0 bridgehead atoms. The third kappa shape index (κ3) is 2.84. The first-order valence-electron chi connectivity index (χ1n) is 11.0. The van der Waals surface area contributed by atoms with Gasteiger partial charge in [-0.3, -0.25) is 0 Å². The SMILES string of the molecule is C1=CC(=P(c2ccccc2)(c2ccccc2)c2ccccc2)C2=Cc3ccccc3C2=C1. The molecule has 0 radical (unpaired) electrons. The molecule has 152 valence electrons. The maximum Gasteiger partial charge on any atom is -0.00762 e. The predicted molar refractivity (Wildman–Crippen MR) is 142 cm³/mol. The van der Waals surface area contributed by atoms with Crippen molar-refractivity contribution in [2.24, 2.45) is 0 Å². The molecular formula is C31H23P. The van der Waals surface area contributed by atoms with Gasteiger partial charge in [-0.15, -0.1) is 0 Å². The third-order valence-corrected chi connectivity index (χ3v) is 10.8. The van der Waals surface area contributed by atoms with Gasteiger partial charge in [-0.25, -0.2) is 0 Å². The minimum absolute atomic E-state index is 1.31. The van der Waals surface area contributed by atoms with Gasteiger partial charge >= 0.3 is 0 Å². The van der Waals surface area contributed by atoms with Crippen molar-refractivity contribution in [3.8, 4) is 0 Å². The molecule has 0 heterocycles. The lowest BCUT2D eigenvalue weighted by atomic mass is 9.97. The molecule has 4 aromatic rings. The lowest BCUT2D eigenvalue weighted by molar-refractivity contribution is 1.61. The molecule has 1 heteroatoms. The molecule has 0 amide bonds. The van der Waals surface area contributed by atoms with E-state index < -0.39 is 6.89 Å². The van der Waals surface area contributed by atoms with Crippen molar-refractivity contribution in [2.75, 3.05) is 0 Å². The van der Waals surface area contributed by atoms with Crippen molar-refractivity contribution < 1.29 is 0 Å². The van der Waals surface area contributed by atoms with Gasteiger partial charge in [0.1, 0.15) is 0 Å². The average Bonchev–Trinajstić information content (AvgIpc) is 3.26. The van der Waals surface area contributed by atoms with Crippen LogP contribution in [-0.4, -0.2) is 5.29 Å². The molecule has 0 unspecified atom stereocenters. The molecule has 2 aliphatic carbocycles. The number of allylic oxidation sites excluding steroid dienone is 5. The molecule has 0 nitrogen and oxygen atoms in total. The van der Waals surface area contributed by atoms with Crippen molar-refractivity contribution >= 4 is 39.7 Å². The fraction of sp³-hybridized carbons (Fsp3) is 0. The van der Waals surface area contributed by atoms with Gasteiger partial charge < -0.3 is 0 Å². The van der Waals surface area contributed by atoms with Gasteiger partial charge in [0.25, 0.3) is 0 Å². The Labute approximate surface area is 189 Å². The average molecular weight is 426 g/mol. The number of benzene rings is 4. The third-order valence-electron chi connectivity index (χ3n) is 6.43. The molecule has 32 heavy (non-hydrogen) atoms. The van der Waals surface area contributed by atoms with Crippen molar-refractivity contribution in [1.82, 2.24) is 0 Å². The minimum Gasteiger partial charge on any atom is -0.0622 e. The Hall–Kier alpha value is -3.60. The summed E-state index contributed by atoms with van der Waals surface area (Å²) in [7, 11) is 0. The molecule has 0 saturated heterocycles. The van der Waals surface area contributed by atoms with Gasteiger partial charge in [-0.1, -0.05) is 133 Å². The molecule has 0 fully saturated rings. The van der Waals surface area contributed by atoms with Crippen LogP contribution in [0.4, 0.5) is 0 Å². The zero-order valence-electron chi connectivity index (χ0n) is 17.7. The topological polar surface area (TPSA) is 0 Å². The fourth-order valence-electron chi connectivity index (χ4n) is 5.07. The van der Waals surface area contributed by atoms with Crippen LogP contribution in [0.3, 0.4) is 0 Å². The molecule has 0 atom stereocenters. The van der Waals surface area contributed by atoms with Gasteiger partial charge in [-0.2, -0.15) is 0 Å². The van der Waals surface area contributed by atoms with E-state index >= 15 is 0 Å². The van der Waals surface area contributed by atoms with E-state index in [4.69, 9.17) is 0 Å². The molecule has 0 N–H and O–H groups in total. The molecular weight excluding hydrogens is 403 g/mol. The first-order chi connectivity index (χ1) is 15.9. The predicted octanol–water partition coefficient (Wildman–Crippen LogP) is 6.20. The highest BCUT2D eigenvalue weighted by Gasteiger charge is 2.33. The summed E-state index contributed by atoms with van der Waals surface area (Å²) in [5.41, 5.74) is 5.34. The standard InChI is InChI=1S/C31H23P/c1-4-14-25(15-5-1)32(26-16-6-2-7-17-26,27-18-8-3-9-19-27)31-22-12-21-29-28-20-11-10-13-24(28)23-30(29)31/h1-23H. The van der Waals surface area contributed by atoms with E-state index in [1.54, 1.807) is 0 Å². The van der Waals surface area contributed by atoms with Crippen molar-refractivity contribution in [2.45, 2.75) is 0 Å². The van der Waals surface area contributed by atoms with Crippen molar-refractivity contribution in [3.05, 3.63) is 150 Å². The maximum atomic E-state index is 2.39. The summed E-state index contributed by atoms with van der Waals surface area (Å²) < 4.78 is 0.